The van der Waals surface area contributed by atoms with Crippen LogP contribution in [0.25, 0.3) is 0 Å². The Kier molecular flexibility index (Phi) is 4.09. The van der Waals surface area contributed by atoms with Crippen LogP contribution in [0.1, 0.15) is 39.0 Å². The van der Waals surface area contributed by atoms with Gasteiger partial charge in [-0.3, -0.25) is 9.59 Å². The van der Waals surface area contributed by atoms with E-state index < -0.39 is 27.3 Å². The SMILES string of the molecule is CC1(NC(=O)C2CCCC(C(=O)O)C2)CCS(=O)(=O)C1. The third-order valence-electron chi connectivity index (χ3n) is 4.32. The lowest BCUT2D eigenvalue weighted by Gasteiger charge is -2.30. The largest absolute Gasteiger partial charge is 0.481 e. The van der Waals surface area contributed by atoms with E-state index in [9.17, 15) is 18.0 Å². The predicted molar refractivity (Wildman–Crippen MR) is 72.9 cm³/mol. The Balaban J connectivity index is 1.97. The molecule has 2 aliphatic rings. The number of carbonyl (C=O) groups is 2. The van der Waals surface area contributed by atoms with Crippen molar-refractivity contribution >= 4 is 21.7 Å². The van der Waals surface area contributed by atoms with Crippen LogP contribution in [0.5, 0.6) is 0 Å². The molecule has 3 unspecified atom stereocenters. The van der Waals surface area contributed by atoms with E-state index in [2.05, 4.69) is 5.32 Å². The fourth-order valence-electron chi connectivity index (χ4n) is 3.16. The Bertz CT molecular complexity index is 515. The summed E-state index contributed by atoms with van der Waals surface area (Å²) >= 11 is 0. The molecule has 0 aromatic rings. The summed E-state index contributed by atoms with van der Waals surface area (Å²) in [7, 11) is -3.06. The Labute approximate surface area is 118 Å². The number of carboxylic acids is 1. The van der Waals surface area contributed by atoms with Gasteiger partial charge < -0.3 is 10.4 Å². The molecular formula is C13H21NO5S. The molecule has 7 heteroatoms. The first-order valence-electron chi connectivity index (χ1n) is 6.96. The molecule has 2 N–H and O–H groups in total. The van der Waals surface area contributed by atoms with Gasteiger partial charge in [-0.25, -0.2) is 8.42 Å². The maximum Gasteiger partial charge on any atom is 0.306 e. The molecular weight excluding hydrogens is 282 g/mol. The van der Waals surface area contributed by atoms with Crippen molar-refractivity contribution in [1.29, 1.82) is 0 Å². The van der Waals surface area contributed by atoms with E-state index in [1.165, 1.54) is 0 Å². The van der Waals surface area contributed by atoms with Crippen LogP contribution in [0.15, 0.2) is 0 Å². The van der Waals surface area contributed by atoms with Gasteiger partial charge in [-0.2, -0.15) is 0 Å². The number of amides is 1. The highest BCUT2D eigenvalue weighted by Gasteiger charge is 2.41. The maximum atomic E-state index is 12.2. The molecule has 0 aromatic heterocycles. The molecule has 1 saturated carbocycles. The monoisotopic (exact) mass is 303 g/mol. The zero-order chi connectivity index (χ0) is 15.0. The Morgan fingerprint density at radius 1 is 1.25 bits per heavy atom. The molecule has 3 atom stereocenters. The molecule has 6 nitrogen and oxygen atoms in total. The number of nitrogens with one attached hydrogen (secondary N) is 1. The molecule has 0 radical (unpaired) electrons. The van der Waals surface area contributed by atoms with Crippen LogP contribution in [0, 0.1) is 11.8 Å². The number of sulfone groups is 1. The Morgan fingerprint density at radius 3 is 2.45 bits per heavy atom. The Morgan fingerprint density at radius 2 is 1.90 bits per heavy atom. The van der Waals surface area contributed by atoms with Crippen molar-refractivity contribution in [3.05, 3.63) is 0 Å². The molecule has 1 aliphatic heterocycles. The molecule has 0 bridgehead atoms. The van der Waals surface area contributed by atoms with Crippen molar-refractivity contribution in [1.82, 2.24) is 5.32 Å². The number of rotatable bonds is 3. The predicted octanol–water partition coefficient (Wildman–Crippen LogP) is 0.571. The summed E-state index contributed by atoms with van der Waals surface area (Å²) < 4.78 is 23.0. The number of carbonyl (C=O) groups excluding carboxylic acids is 1. The van der Waals surface area contributed by atoms with E-state index in [0.29, 0.717) is 25.7 Å². The van der Waals surface area contributed by atoms with E-state index in [1.807, 2.05) is 0 Å². The lowest BCUT2D eigenvalue weighted by atomic mass is 9.80. The van der Waals surface area contributed by atoms with Crippen LogP contribution in [-0.4, -0.2) is 42.4 Å². The maximum absolute atomic E-state index is 12.2. The van der Waals surface area contributed by atoms with Gasteiger partial charge in [0.1, 0.15) is 0 Å². The normalized spacial score (nSPS) is 36.5. The second-order valence-electron chi connectivity index (χ2n) is 6.29. The average molecular weight is 303 g/mol. The van der Waals surface area contributed by atoms with Crippen LogP contribution in [0.2, 0.25) is 0 Å². The minimum Gasteiger partial charge on any atom is -0.481 e. The zero-order valence-corrected chi connectivity index (χ0v) is 12.4. The van der Waals surface area contributed by atoms with Crippen molar-refractivity contribution < 1.29 is 23.1 Å². The molecule has 0 spiro atoms. The highest BCUT2D eigenvalue weighted by Crippen LogP contribution is 2.31. The van der Waals surface area contributed by atoms with Gasteiger partial charge in [0.2, 0.25) is 5.91 Å². The van der Waals surface area contributed by atoms with E-state index in [0.717, 1.165) is 6.42 Å². The summed E-state index contributed by atoms with van der Waals surface area (Å²) in [5, 5.41) is 11.9. The van der Waals surface area contributed by atoms with Crippen molar-refractivity contribution in [3.8, 4) is 0 Å². The molecule has 1 aliphatic carbocycles. The molecule has 1 saturated heterocycles. The summed E-state index contributed by atoms with van der Waals surface area (Å²) in [6, 6.07) is 0. The van der Waals surface area contributed by atoms with Gasteiger partial charge in [0.15, 0.2) is 9.84 Å². The molecule has 0 aromatic carbocycles. The first kappa shape index (κ1) is 15.3. The fraction of sp³-hybridized carbons (Fsp3) is 0.846. The summed E-state index contributed by atoms with van der Waals surface area (Å²) in [5.74, 6) is -1.75. The highest BCUT2D eigenvalue weighted by molar-refractivity contribution is 7.91. The van der Waals surface area contributed by atoms with Crippen LogP contribution in [-0.2, 0) is 19.4 Å². The minimum absolute atomic E-state index is 0.0270. The van der Waals surface area contributed by atoms with Gasteiger partial charge in [-0.15, -0.1) is 0 Å². The van der Waals surface area contributed by atoms with Crippen LogP contribution in [0.3, 0.4) is 0 Å². The minimum atomic E-state index is -3.06. The number of hydrogen-bond donors (Lipinski definition) is 2. The zero-order valence-electron chi connectivity index (χ0n) is 11.6. The second-order valence-corrected chi connectivity index (χ2v) is 8.47. The van der Waals surface area contributed by atoms with Gasteiger partial charge >= 0.3 is 5.97 Å². The van der Waals surface area contributed by atoms with Crippen molar-refractivity contribution in [3.63, 3.8) is 0 Å². The van der Waals surface area contributed by atoms with Gasteiger partial charge in [-0.05, 0) is 32.6 Å². The molecule has 1 heterocycles. The standard InChI is InChI=1S/C13H21NO5S/c1-13(5-6-20(18,19)8-13)14-11(15)9-3-2-4-10(7-9)12(16)17/h9-10H,2-8H2,1H3,(H,14,15)(H,16,17). The van der Waals surface area contributed by atoms with Crippen LogP contribution in [0.4, 0.5) is 0 Å². The van der Waals surface area contributed by atoms with Crippen molar-refractivity contribution in [2.45, 2.75) is 44.6 Å². The topological polar surface area (TPSA) is 101 Å². The first-order valence-corrected chi connectivity index (χ1v) is 8.78. The molecule has 114 valence electrons. The van der Waals surface area contributed by atoms with Gasteiger partial charge in [0.05, 0.1) is 23.0 Å². The lowest BCUT2D eigenvalue weighted by molar-refractivity contribution is -0.144. The number of carboxylic acid groups (broad SMARTS) is 1. The average Bonchev–Trinajstić information content (AvgIpc) is 2.63. The number of hydrogen-bond acceptors (Lipinski definition) is 4. The van der Waals surface area contributed by atoms with Gasteiger partial charge in [0.25, 0.3) is 0 Å². The summed E-state index contributed by atoms with van der Waals surface area (Å²) in [6.07, 6.45) is 2.80. The summed E-state index contributed by atoms with van der Waals surface area (Å²) in [5.41, 5.74) is -0.702. The second kappa shape index (κ2) is 5.35. The Hall–Kier alpha value is -1.11. The van der Waals surface area contributed by atoms with Crippen molar-refractivity contribution in [2.75, 3.05) is 11.5 Å². The molecule has 2 fully saturated rings. The molecule has 20 heavy (non-hydrogen) atoms. The van der Waals surface area contributed by atoms with E-state index >= 15 is 0 Å². The van der Waals surface area contributed by atoms with Crippen molar-refractivity contribution in [2.24, 2.45) is 11.8 Å². The van der Waals surface area contributed by atoms with Crippen LogP contribution < -0.4 is 5.32 Å². The molecule has 2 rings (SSSR count). The summed E-state index contributed by atoms with van der Waals surface area (Å²) in [4.78, 5) is 23.2. The lowest BCUT2D eigenvalue weighted by Crippen LogP contribution is -2.50. The first-order chi connectivity index (χ1) is 9.21. The third kappa shape index (κ3) is 3.50. The van der Waals surface area contributed by atoms with Gasteiger partial charge in [-0.1, -0.05) is 6.42 Å². The molecule has 1 amide bonds. The smallest absolute Gasteiger partial charge is 0.306 e. The summed E-state index contributed by atoms with van der Waals surface area (Å²) in [6.45, 7) is 1.74. The van der Waals surface area contributed by atoms with E-state index in [1.54, 1.807) is 6.92 Å². The quantitative estimate of drug-likeness (QED) is 0.794. The highest BCUT2D eigenvalue weighted by atomic mass is 32.2. The van der Waals surface area contributed by atoms with E-state index in [4.69, 9.17) is 5.11 Å². The third-order valence-corrected chi connectivity index (χ3v) is 6.23. The van der Waals surface area contributed by atoms with Gasteiger partial charge in [0, 0.05) is 5.92 Å². The van der Waals surface area contributed by atoms with Crippen LogP contribution >= 0.6 is 0 Å². The fourth-order valence-corrected chi connectivity index (χ4v) is 5.25. The van der Waals surface area contributed by atoms with E-state index in [-0.39, 0.29) is 23.3 Å². The number of aliphatic carboxylic acids is 1.